The normalized spacial score (nSPS) is 13.1. The lowest BCUT2D eigenvalue weighted by Crippen LogP contribution is -2.42. The molecular formula is C22H18FN3O4. The molecule has 152 valence electrons. The maximum atomic E-state index is 13.0. The van der Waals surface area contributed by atoms with Gasteiger partial charge < -0.3 is 19.9 Å². The Balaban J connectivity index is 1.60. The molecule has 8 heteroatoms. The maximum absolute atomic E-state index is 13.0. The molecule has 0 saturated heterocycles. The van der Waals surface area contributed by atoms with Gasteiger partial charge in [-0.15, -0.1) is 0 Å². The van der Waals surface area contributed by atoms with Crippen LogP contribution in [0.25, 0.3) is 0 Å². The number of rotatable bonds is 4. The first kappa shape index (κ1) is 19.4. The van der Waals surface area contributed by atoms with E-state index in [0.29, 0.717) is 24.3 Å². The van der Waals surface area contributed by atoms with Gasteiger partial charge >= 0.3 is 0 Å². The SMILES string of the molecule is O=C(NCc1ccc(F)cc1)c1cn2c(c(O)c1=O)C(=O)N(c1ccccc1)CC2. The van der Waals surface area contributed by atoms with Crippen molar-refractivity contribution in [3.63, 3.8) is 0 Å². The van der Waals surface area contributed by atoms with E-state index < -0.39 is 28.8 Å². The van der Waals surface area contributed by atoms with Crippen LogP contribution in [0.4, 0.5) is 10.1 Å². The number of hydrogen-bond acceptors (Lipinski definition) is 4. The molecule has 0 aliphatic carbocycles. The van der Waals surface area contributed by atoms with Gasteiger partial charge in [0.25, 0.3) is 11.8 Å². The Morgan fingerprint density at radius 1 is 1.03 bits per heavy atom. The Hall–Kier alpha value is -3.94. The van der Waals surface area contributed by atoms with Crippen LogP contribution in [0.5, 0.6) is 5.75 Å². The number of carbonyl (C=O) groups excluding carboxylic acids is 2. The van der Waals surface area contributed by atoms with Crippen LogP contribution in [-0.2, 0) is 13.1 Å². The highest BCUT2D eigenvalue weighted by atomic mass is 19.1. The summed E-state index contributed by atoms with van der Waals surface area (Å²) in [4.78, 5) is 39.4. The molecule has 1 aromatic heterocycles. The van der Waals surface area contributed by atoms with E-state index in [1.165, 1.54) is 39.9 Å². The largest absolute Gasteiger partial charge is 0.503 e. The molecule has 2 N–H and O–H groups in total. The van der Waals surface area contributed by atoms with E-state index in [1.54, 1.807) is 24.3 Å². The van der Waals surface area contributed by atoms with Crippen LogP contribution >= 0.6 is 0 Å². The first-order chi connectivity index (χ1) is 14.5. The summed E-state index contributed by atoms with van der Waals surface area (Å²) in [7, 11) is 0. The molecule has 0 spiro atoms. The molecule has 0 bridgehead atoms. The van der Waals surface area contributed by atoms with Crippen LogP contribution < -0.4 is 15.6 Å². The third-order valence-electron chi connectivity index (χ3n) is 4.95. The number of nitrogens with one attached hydrogen (secondary N) is 1. The monoisotopic (exact) mass is 407 g/mol. The van der Waals surface area contributed by atoms with E-state index in [1.807, 2.05) is 6.07 Å². The summed E-state index contributed by atoms with van der Waals surface area (Å²) in [5.74, 6) is -2.35. The second kappa shape index (κ2) is 7.82. The van der Waals surface area contributed by atoms with E-state index in [9.17, 15) is 23.9 Å². The molecule has 0 fully saturated rings. The molecule has 0 saturated carbocycles. The molecule has 7 nitrogen and oxygen atoms in total. The number of pyridine rings is 1. The van der Waals surface area contributed by atoms with Crippen LogP contribution in [0.15, 0.2) is 65.6 Å². The van der Waals surface area contributed by atoms with E-state index in [-0.39, 0.29) is 17.8 Å². The van der Waals surface area contributed by atoms with Crippen molar-refractivity contribution >= 4 is 17.5 Å². The smallest absolute Gasteiger partial charge is 0.278 e. The highest BCUT2D eigenvalue weighted by Gasteiger charge is 2.31. The molecule has 30 heavy (non-hydrogen) atoms. The highest BCUT2D eigenvalue weighted by Crippen LogP contribution is 2.24. The third kappa shape index (κ3) is 3.55. The Morgan fingerprint density at radius 2 is 1.73 bits per heavy atom. The fourth-order valence-electron chi connectivity index (χ4n) is 3.38. The first-order valence-electron chi connectivity index (χ1n) is 9.31. The number of aromatic hydroxyl groups is 1. The maximum Gasteiger partial charge on any atom is 0.278 e. The topological polar surface area (TPSA) is 91.6 Å². The van der Waals surface area contributed by atoms with E-state index in [4.69, 9.17) is 0 Å². The fraction of sp³-hybridized carbons (Fsp3) is 0.136. The number of para-hydroxylation sites is 1. The number of carbonyl (C=O) groups is 2. The Morgan fingerprint density at radius 3 is 2.43 bits per heavy atom. The molecule has 4 rings (SSSR count). The van der Waals surface area contributed by atoms with Crippen molar-refractivity contribution in [3.05, 3.63) is 93.7 Å². The van der Waals surface area contributed by atoms with Crippen molar-refractivity contribution in [1.82, 2.24) is 9.88 Å². The van der Waals surface area contributed by atoms with Gasteiger partial charge in [0.2, 0.25) is 5.43 Å². The van der Waals surface area contributed by atoms with Crippen molar-refractivity contribution in [2.24, 2.45) is 0 Å². The summed E-state index contributed by atoms with van der Waals surface area (Å²) in [5, 5.41) is 13.0. The molecule has 2 heterocycles. The van der Waals surface area contributed by atoms with Crippen LogP contribution in [0.1, 0.15) is 26.4 Å². The van der Waals surface area contributed by atoms with Crippen LogP contribution in [0, 0.1) is 5.82 Å². The molecular weight excluding hydrogens is 389 g/mol. The van der Waals surface area contributed by atoms with Crippen LogP contribution in [0.2, 0.25) is 0 Å². The summed E-state index contributed by atoms with van der Waals surface area (Å²) >= 11 is 0. The van der Waals surface area contributed by atoms with E-state index >= 15 is 0 Å². The first-order valence-corrected chi connectivity index (χ1v) is 9.31. The summed E-state index contributed by atoms with van der Waals surface area (Å²) in [6.07, 6.45) is 1.29. The zero-order valence-corrected chi connectivity index (χ0v) is 15.8. The molecule has 3 aromatic rings. The molecule has 0 unspecified atom stereocenters. The zero-order chi connectivity index (χ0) is 21.3. The lowest BCUT2D eigenvalue weighted by molar-refractivity contribution is 0.0935. The predicted molar refractivity (Wildman–Crippen MR) is 108 cm³/mol. The van der Waals surface area contributed by atoms with Gasteiger partial charge in [-0.1, -0.05) is 30.3 Å². The summed E-state index contributed by atoms with van der Waals surface area (Å²) < 4.78 is 14.4. The molecule has 1 aliphatic heterocycles. The zero-order valence-electron chi connectivity index (χ0n) is 15.8. The Bertz CT molecular complexity index is 1170. The van der Waals surface area contributed by atoms with Gasteiger partial charge in [0.1, 0.15) is 11.4 Å². The average Bonchev–Trinajstić information content (AvgIpc) is 2.76. The number of hydrogen-bond donors (Lipinski definition) is 2. The number of halogens is 1. The second-order valence-corrected chi connectivity index (χ2v) is 6.86. The fourth-order valence-corrected chi connectivity index (χ4v) is 3.38. The van der Waals surface area contributed by atoms with Gasteiger partial charge in [-0.05, 0) is 29.8 Å². The molecule has 0 atom stereocenters. The molecule has 1 aliphatic rings. The number of anilines is 1. The Labute approximate surface area is 171 Å². The second-order valence-electron chi connectivity index (χ2n) is 6.86. The summed E-state index contributed by atoms with van der Waals surface area (Å²) in [6.45, 7) is 0.721. The molecule has 2 aromatic carbocycles. The molecule has 2 amide bonds. The van der Waals surface area contributed by atoms with Gasteiger partial charge in [-0.2, -0.15) is 0 Å². The average molecular weight is 407 g/mol. The van der Waals surface area contributed by atoms with Crippen molar-refractivity contribution in [2.75, 3.05) is 11.4 Å². The van der Waals surface area contributed by atoms with Gasteiger partial charge in [-0.25, -0.2) is 4.39 Å². The van der Waals surface area contributed by atoms with E-state index in [0.717, 1.165) is 0 Å². The lowest BCUT2D eigenvalue weighted by atomic mass is 10.1. The van der Waals surface area contributed by atoms with Gasteiger partial charge in [-0.3, -0.25) is 14.4 Å². The summed E-state index contributed by atoms with van der Waals surface area (Å²) in [5.41, 5.74) is -0.0203. The minimum absolute atomic E-state index is 0.0851. The number of amides is 2. The minimum Gasteiger partial charge on any atom is -0.503 e. The van der Waals surface area contributed by atoms with Gasteiger partial charge in [0.15, 0.2) is 11.4 Å². The van der Waals surface area contributed by atoms with Gasteiger partial charge in [0.05, 0.1) is 0 Å². The Kier molecular flexibility index (Phi) is 5.05. The van der Waals surface area contributed by atoms with Crippen molar-refractivity contribution in [1.29, 1.82) is 0 Å². The quantitative estimate of drug-likeness (QED) is 0.694. The summed E-state index contributed by atoms with van der Waals surface area (Å²) in [6, 6.07) is 14.5. The van der Waals surface area contributed by atoms with Crippen molar-refractivity contribution < 1.29 is 19.1 Å². The van der Waals surface area contributed by atoms with Crippen molar-refractivity contribution in [3.8, 4) is 5.75 Å². The number of aromatic nitrogens is 1. The van der Waals surface area contributed by atoms with E-state index in [2.05, 4.69) is 5.32 Å². The van der Waals surface area contributed by atoms with Crippen LogP contribution in [-0.4, -0.2) is 28.0 Å². The highest BCUT2D eigenvalue weighted by molar-refractivity contribution is 6.08. The molecule has 0 radical (unpaired) electrons. The third-order valence-corrected chi connectivity index (χ3v) is 4.95. The van der Waals surface area contributed by atoms with Crippen molar-refractivity contribution in [2.45, 2.75) is 13.1 Å². The number of benzene rings is 2. The van der Waals surface area contributed by atoms with Gasteiger partial charge in [0, 0.05) is 31.5 Å². The number of nitrogens with zero attached hydrogens (tertiary/aromatic N) is 2. The number of fused-ring (bicyclic) bond motifs is 1. The standard InChI is InChI=1S/C22H18FN3O4/c23-15-8-6-14(7-9-15)12-24-21(29)17-13-25-10-11-26(16-4-2-1-3-5-16)22(30)18(25)20(28)19(17)27/h1-9,13,28H,10-12H2,(H,24,29). The van der Waals surface area contributed by atoms with Crippen LogP contribution in [0.3, 0.4) is 0 Å². The lowest BCUT2D eigenvalue weighted by Gasteiger charge is -2.30. The minimum atomic E-state index is -0.916. The predicted octanol–water partition coefficient (Wildman–Crippen LogP) is 2.28.